The number of nitrogens with one attached hydrogen (secondary N) is 1. The van der Waals surface area contributed by atoms with E-state index in [1.807, 2.05) is 26.0 Å². The van der Waals surface area contributed by atoms with Crippen molar-refractivity contribution in [3.05, 3.63) is 47.0 Å². The fourth-order valence-corrected chi connectivity index (χ4v) is 1.58. The molecule has 0 saturated heterocycles. The number of carboxylic acids is 1. The molecule has 1 rings (SSSR count). The molecule has 4 nitrogen and oxygen atoms in total. The Hall–Kier alpha value is -2.07. The summed E-state index contributed by atoms with van der Waals surface area (Å²) in [5, 5.41) is 11.3. The average molecular weight is 280 g/mol. The molecular weight excluding hydrogens is 266 g/mol. The monoisotopic (exact) mass is 279 g/mol. The van der Waals surface area contributed by atoms with Gasteiger partial charge in [0.25, 0.3) is 0 Å². The van der Waals surface area contributed by atoms with Crippen molar-refractivity contribution in [2.24, 2.45) is 0 Å². The number of allylic oxidation sites excluding steroid dienone is 2. The SMILES string of the molecule is CC=C(C)c1ccc(NC(=O)C=CC(=O)O)c(Cl)c1. The summed E-state index contributed by atoms with van der Waals surface area (Å²) < 4.78 is 0. The minimum Gasteiger partial charge on any atom is -0.478 e. The Morgan fingerprint density at radius 3 is 2.53 bits per heavy atom. The molecule has 0 fully saturated rings. The van der Waals surface area contributed by atoms with Crippen molar-refractivity contribution in [1.29, 1.82) is 0 Å². The number of carboxylic acid groups (broad SMARTS) is 1. The summed E-state index contributed by atoms with van der Waals surface area (Å²) in [4.78, 5) is 21.7. The number of hydrogen-bond donors (Lipinski definition) is 2. The smallest absolute Gasteiger partial charge is 0.328 e. The van der Waals surface area contributed by atoms with Gasteiger partial charge in [-0.1, -0.05) is 23.7 Å². The largest absolute Gasteiger partial charge is 0.478 e. The van der Waals surface area contributed by atoms with E-state index in [0.29, 0.717) is 10.7 Å². The van der Waals surface area contributed by atoms with E-state index < -0.39 is 11.9 Å². The Morgan fingerprint density at radius 1 is 1.32 bits per heavy atom. The summed E-state index contributed by atoms with van der Waals surface area (Å²) in [6, 6.07) is 5.25. The second kappa shape index (κ2) is 6.75. The quantitative estimate of drug-likeness (QED) is 0.831. The summed E-state index contributed by atoms with van der Waals surface area (Å²) in [7, 11) is 0. The summed E-state index contributed by atoms with van der Waals surface area (Å²) in [6.45, 7) is 3.88. The molecule has 1 amide bonds. The zero-order valence-electron chi connectivity index (χ0n) is 10.6. The van der Waals surface area contributed by atoms with Crippen molar-refractivity contribution >= 4 is 34.7 Å². The molecule has 1 aromatic carbocycles. The molecule has 2 N–H and O–H groups in total. The van der Waals surface area contributed by atoms with Gasteiger partial charge in [-0.25, -0.2) is 4.79 Å². The molecule has 0 aromatic heterocycles. The average Bonchev–Trinajstić information content (AvgIpc) is 2.37. The minimum atomic E-state index is -1.18. The van der Waals surface area contributed by atoms with Gasteiger partial charge < -0.3 is 10.4 Å². The molecule has 100 valence electrons. The van der Waals surface area contributed by atoms with Crippen LogP contribution in [-0.2, 0) is 9.59 Å². The molecular formula is C14H14ClNO3. The highest BCUT2D eigenvalue weighted by molar-refractivity contribution is 6.34. The molecule has 0 aliphatic rings. The molecule has 0 radical (unpaired) electrons. The number of halogens is 1. The first-order valence-corrected chi connectivity index (χ1v) is 5.96. The molecule has 0 heterocycles. The highest BCUT2D eigenvalue weighted by atomic mass is 35.5. The molecule has 0 unspecified atom stereocenters. The van der Waals surface area contributed by atoms with Gasteiger partial charge in [-0.05, 0) is 37.1 Å². The topological polar surface area (TPSA) is 66.4 Å². The number of amides is 1. The number of anilines is 1. The predicted octanol–water partition coefficient (Wildman–Crippen LogP) is 3.34. The summed E-state index contributed by atoms with van der Waals surface area (Å²) in [6.07, 6.45) is 3.66. The second-order valence-corrected chi connectivity index (χ2v) is 4.23. The summed E-state index contributed by atoms with van der Waals surface area (Å²) in [5.41, 5.74) is 2.48. The Morgan fingerprint density at radius 2 is 2.00 bits per heavy atom. The minimum absolute atomic E-state index is 0.399. The van der Waals surface area contributed by atoms with Gasteiger partial charge in [-0.3, -0.25) is 4.79 Å². The lowest BCUT2D eigenvalue weighted by Crippen LogP contribution is -2.09. The van der Waals surface area contributed by atoms with Crippen LogP contribution in [0.3, 0.4) is 0 Å². The van der Waals surface area contributed by atoms with Crippen LogP contribution in [0.5, 0.6) is 0 Å². The maximum absolute atomic E-state index is 11.4. The first-order chi connectivity index (χ1) is 8.93. The van der Waals surface area contributed by atoms with E-state index in [9.17, 15) is 9.59 Å². The number of carbonyl (C=O) groups is 2. The molecule has 0 atom stereocenters. The van der Waals surface area contributed by atoms with Crippen LogP contribution >= 0.6 is 11.6 Å². The molecule has 0 aliphatic carbocycles. The Labute approximate surface area is 116 Å². The number of benzene rings is 1. The van der Waals surface area contributed by atoms with Crippen LogP contribution in [0, 0.1) is 0 Å². The predicted molar refractivity (Wildman–Crippen MR) is 76.2 cm³/mol. The van der Waals surface area contributed by atoms with Crippen molar-refractivity contribution in [2.45, 2.75) is 13.8 Å². The number of hydrogen-bond acceptors (Lipinski definition) is 2. The Bertz CT molecular complexity index is 562. The van der Waals surface area contributed by atoms with E-state index in [-0.39, 0.29) is 0 Å². The summed E-state index contributed by atoms with van der Waals surface area (Å²) in [5.74, 6) is -1.72. The zero-order chi connectivity index (χ0) is 14.4. The maximum Gasteiger partial charge on any atom is 0.328 e. The second-order valence-electron chi connectivity index (χ2n) is 3.83. The van der Waals surface area contributed by atoms with Gasteiger partial charge >= 0.3 is 5.97 Å². The lowest BCUT2D eigenvalue weighted by molar-refractivity contribution is -0.131. The van der Waals surface area contributed by atoms with E-state index >= 15 is 0 Å². The third-order valence-electron chi connectivity index (χ3n) is 2.49. The molecule has 19 heavy (non-hydrogen) atoms. The molecule has 0 aliphatic heterocycles. The third kappa shape index (κ3) is 4.60. The van der Waals surface area contributed by atoms with Crippen LogP contribution < -0.4 is 5.32 Å². The first-order valence-electron chi connectivity index (χ1n) is 5.59. The normalized spacial score (nSPS) is 11.6. The van der Waals surface area contributed by atoms with Crippen LogP contribution in [0.1, 0.15) is 19.4 Å². The van der Waals surface area contributed by atoms with Gasteiger partial charge in [0.05, 0.1) is 10.7 Å². The van der Waals surface area contributed by atoms with E-state index in [1.54, 1.807) is 12.1 Å². The van der Waals surface area contributed by atoms with E-state index in [0.717, 1.165) is 23.3 Å². The van der Waals surface area contributed by atoms with E-state index in [4.69, 9.17) is 16.7 Å². The fraction of sp³-hybridized carbons (Fsp3) is 0.143. The van der Waals surface area contributed by atoms with Crippen molar-refractivity contribution in [3.63, 3.8) is 0 Å². The van der Waals surface area contributed by atoms with Crippen LogP contribution in [0.2, 0.25) is 5.02 Å². The van der Waals surface area contributed by atoms with Crippen LogP contribution in [0.25, 0.3) is 5.57 Å². The molecule has 1 aromatic rings. The maximum atomic E-state index is 11.4. The number of carbonyl (C=O) groups excluding carboxylic acids is 1. The molecule has 0 bridgehead atoms. The van der Waals surface area contributed by atoms with Crippen LogP contribution in [-0.4, -0.2) is 17.0 Å². The van der Waals surface area contributed by atoms with Gasteiger partial charge in [0, 0.05) is 12.2 Å². The third-order valence-corrected chi connectivity index (χ3v) is 2.81. The Balaban J connectivity index is 2.86. The van der Waals surface area contributed by atoms with Crippen molar-refractivity contribution in [2.75, 3.05) is 5.32 Å². The molecule has 0 saturated carbocycles. The molecule has 0 spiro atoms. The standard InChI is InChI=1S/C14H14ClNO3/c1-3-9(2)10-4-5-12(11(15)8-10)16-13(17)6-7-14(18)19/h3-8H,1-2H3,(H,16,17)(H,18,19). The van der Waals surface area contributed by atoms with Crippen LogP contribution in [0.15, 0.2) is 36.4 Å². The van der Waals surface area contributed by atoms with Gasteiger partial charge in [-0.2, -0.15) is 0 Å². The van der Waals surface area contributed by atoms with E-state index in [1.165, 1.54) is 0 Å². The summed E-state index contributed by atoms with van der Waals surface area (Å²) >= 11 is 6.05. The fourth-order valence-electron chi connectivity index (χ4n) is 1.35. The number of aliphatic carboxylic acids is 1. The van der Waals surface area contributed by atoms with Crippen molar-refractivity contribution < 1.29 is 14.7 Å². The van der Waals surface area contributed by atoms with Crippen LogP contribution in [0.4, 0.5) is 5.69 Å². The first kappa shape index (κ1) is 15.0. The van der Waals surface area contributed by atoms with Gasteiger partial charge in [0.2, 0.25) is 5.91 Å². The lowest BCUT2D eigenvalue weighted by atomic mass is 10.1. The highest BCUT2D eigenvalue weighted by Crippen LogP contribution is 2.26. The molecule has 5 heteroatoms. The highest BCUT2D eigenvalue weighted by Gasteiger charge is 2.05. The van der Waals surface area contributed by atoms with Crippen molar-refractivity contribution in [3.8, 4) is 0 Å². The van der Waals surface area contributed by atoms with Gasteiger partial charge in [0.15, 0.2) is 0 Å². The van der Waals surface area contributed by atoms with E-state index in [2.05, 4.69) is 5.32 Å². The van der Waals surface area contributed by atoms with Crippen molar-refractivity contribution in [1.82, 2.24) is 0 Å². The zero-order valence-corrected chi connectivity index (χ0v) is 11.4. The van der Waals surface area contributed by atoms with Gasteiger partial charge in [0.1, 0.15) is 0 Å². The lowest BCUT2D eigenvalue weighted by Gasteiger charge is -2.07. The number of rotatable bonds is 4. The Kier molecular flexibility index (Phi) is 5.33. The van der Waals surface area contributed by atoms with Gasteiger partial charge in [-0.15, -0.1) is 0 Å².